The predicted molar refractivity (Wildman–Crippen MR) is 113 cm³/mol. The summed E-state index contributed by atoms with van der Waals surface area (Å²) in [7, 11) is 0. The summed E-state index contributed by atoms with van der Waals surface area (Å²) in [4.78, 5) is 24.4. The van der Waals surface area contributed by atoms with E-state index in [1.165, 1.54) is 25.3 Å². The van der Waals surface area contributed by atoms with E-state index < -0.39 is 5.63 Å². The molecule has 0 unspecified atom stereocenters. The van der Waals surface area contributed by atoms with Crippen molar-refractivity contribution in [1.29, 1.82) is 0 Å². The van der Waals surface area contributed by atoms with Gasteiger partial charge in [-0.05, 0) is 43.0 Å². The van der Waals surface area contributed by atoms with E-state index in [0.717, 1.165) is 29.4 Å². The second kappa shape index (κ2) is 8.52. The minimum absolute atomic E-state index is 0.0501. The maximum absolute atomic E-state index is 12.2. The summed E-state index contributed by atoms with van der Waals surface area (Å²) in [5.74, 6) is 0.431. The number of rotatable bonds is 5. The van der Waals surface area contributed by atoms with Crippen LogP contribution in [0.5, 0.6) is 5.75 Å². The first-order valence-electron chi connectivity index (χ1n) is 10.2. The Hall–Kier alpha value is -3.08. The van der Waals surface area contributed by atoms with Crippen LogP contribution in [-0.4, -0.2) is 18.6 Å². The van der Waals surface area contributed by atoms with Crippen molar-refractivity contribution in [2.75, 3.05) is 6.61 Å². The number of carbonyl (C=O) groups is 1. The molecule has 1 aliphatic carbocycles. The molecule has 0 aliphatic heterocycles. The Bertz CT molecular complexity index is 1070. The van der Waals surface area contributed by atoms with Gasteiger partial charge < -0.3 is 14.5 Å². The highest BCUT2D eigenvalue weighted by Gasteiger charge is 2.17. The Balaban J connectivity index is 1.56. The fourth-order valence-corrected chi connectivity index (χ4v) is 4.02. The Kier molecular flexibility index (Phi) is 5.65. The minimum Gasteiger partial charge on any atom is -0.483 e. The summed E-state index contributed by atoms with van der Waals surface area (Å²) in [6.45, 7) is 1.79. The van der Waals surface area contributed by atoms with Gasteiger partial charge in [0.2, 0.25) is 0 Å². The van der Waals surface area contributed by atoms with Crippen molar-refractivity contribution >= 4 is 16.9 Å². The van der Waals surface area contributed by atoms with Gasteiger partial charge in [0.05, 0.1) is 0 Å². The molecule has 0 atom stereocenters. The molecular formula is C24H25NO4. The molecule has 0 spiro atoms. The minimum atomic E-state index is -0.411. The van der Waals surface area contributed by atoms with Gasteiger partial charge in [0.1, 0.15) is 11.3 Å². The van der Waals surface area contributed by atoms with E-state index in [4.69, 9.17) is 9.15 Å². The second-order valence-corrected chi connectivity index (χ2v) is 7.60. The van der Waals surface area contributed by atoms with E-state index in [1.54, 1.807) is 0 Å². The summed E-state index contributed by atoms with van der Waals surface area (Å²) in [6, 6.07) is 15.2. The van der Waals surface area contributed by atoms with Crippen molar-refractivity contribution < 1.29 is 13.9 Å². The van der Waals surface area contributed by atoms with Crippen LogP contribution in [0.2, 0.25) is 0 Å². The summed E-state index contributed by atoms with van der Waals surface area (Å²) in [5, 5.41) is 3.89. The lowest BCUT2D eigenvalue weighted by Crippen LogP contribution is -2.39. The highest BCUT2D eigenvalue weighted by molar-refractivity contribution is 5.95. The fraction of sp³-hybridized carbons (Fsp3) is 0.333. The third-order valence-corrected chi connectivity index (χ3v) is 5.53. The van der Waals surface area contributed by atoms with Crippen molar-refractivity contribution in [3.05, 3.63) is 64.5 Å². The number of benzene rings is 2. The molecule has 5 heteroatoms. The first-order valence-corrected chi connectivity index (χ1v) is 10.2. The van der Waals surface area contributed by atoms with Crippen LogP contribution in [0.15, 0.2) is 57.7 Å². The Morgan fingerprint density at radius 1 is 1.10 bits per heavy atom. The molecule has 1 N–H and O–H groups in total. The standard InChI is InChI=1S/C24H25NO4/c1-16-21(28-15-22(26)25-18-10-6-3-7-11-18)13-12-19-20(14-23(27)29-24(16)19)17-8-4-2-5-9-17/h2,4-5,8-9,12-14,18H,3,6-7,10-11,15H2,1H3,(H,25,26). The number of amides is 1. The molecule has 2 aromatic carbocycles. The zero-order valence-corrected chi connectivity index (χ0v) is 16.6. The number of carbonyl (C=O) groups excluding carboxylic acids is 1. The summed E-state index contributed by atoms with van der Waals surface area (Å²) >= 11 is 0. The fourth-order valence-electron chi connectivity index (χ4n) is 4.02. The molecule has 1 saturated carbocycles. The van der Waals surface area contributed by atoms with Crippen LogP contribution in [0, 0.1) is 6.92 Å². The molecular weight excluding hydrogens is 366 g/mol. The van der Waals surface area contributed by atoms with Crippen molar-refractivity contribution in [2.24, 2.45) is 0 Å². The third kappa shape index (κ3) is 4.34. The van der Waals surface area contributed by atoms with E-state index in [9.17, 15) is 9.59 Å². The third-order valence-electron chi connectivity index (χ3n) is 5.53. The first-order chi connectivity index (χ1) is 14.1. The van der Waals surface area contributed by atoms with Crippen molar-refractivity contribution in [3.63, 3.8) is 0 Å². The SMILES string of the molecule is Cc1c(OCC(=O)NC2CCCCC2)ccc2c(-c3ccccc3)cc(=O)oc12. The molecule has 29 heavy (non-hydrogen) atoms. The zero-order valence-electron chi connectivity index (χ0n) is 16.6. The van der Waals surface area contributed by atoms with Crippen LogP contribution in [0.1, 0.15) is 37.7 Å². The predicted octanol–water partition coefficient (Wildman–Crippen LogP) is 4.60. The van der Waals surface area contributed by atoms with Crippen LogP contribution in [0.3, 0.4) is 0 Å². The van der Waals surface area contributed by atoms with Crippen molar-refractivity contribution in [1.82, 2.24) is 5.32 Å². The Morgan fingerprint density at radius 2 is 1.86 bits per heavy atom. The summed E-state index contributed by atoms with van der Waals surface area (Å²) in [5.41, 5.74) is 2.56. The van der Waals surface area contributed by atoms with E-state index in [1.807, 2.05) is 49.4 Å². The topological polar surface area (TPSA) is 68.5 Å². The van der Waals surface area contributed by atoms with E-state index in [2.05, 4.69) is 5.32 Å². The molecule has 1 aliphatic rings. The van der Waals surface area contributed by atoms with Crippen LogP contribution in [0.25, 0.3) is 22.1 Å². The Morgan fingerprint density at radius 3 is 2.62 bits per heavy atom. The molecule has 0 radical (unpaired) electrons. The maximum atomic E-state index is 12.2. The highest BCUT2D eigenvalue weighted by Crippen LogP contribution is 2.33. The van der Waals surface area contributed by atoms with Gasteiger partial charge in [-0.25, -0.2) is 4.79 Å². The van der Waals surface area contributed by atoms with Gasteiger partial charge in [-0.3, -0.25) is 4.79 Å². The summed E-state index contributed by atoms with van der Waals surface area (Å²) < 4.78 is 11.2. The van der Waals surface area contributed by atoms with Gasteiger partial charge in [0.15, 0.2) is 6.61 Å². The van der Waals surface area contributed by atoms with Crippen LogP contribution in [0.4, 0.5) is 0 Å². The van der Waals surface area contributed by atoms with Gasteiger partial charge in [0, 0.05) is 23.1 Å². The monoisotopic (exact) mass is 391 g/mol. The van der Waals surface area contributed by atoms with Gasteiger partial charge in [0.25, 0.3) is 5.91 Å². The molecule has 1 fully saturated rings. The smallest absolute Gasteiger partial charge is 0.336 e. The largest absolute Gasteiger partial charge is 0.483 e. The lowest BCUT2D eigenvalue weighted by atomic mass is 9.95. The first kappa shape index (κ1) is 19.2. The van der Waals surface area contributed by atoms with E-state index in [0.29, 0.717) is 16.9 Å². The number of aryl methyl sites for hydroxylation is 1. The van der Waals surface area contributed by atoms with Gasteiger partial charge >= 0.3 is 5.63 Å². The van der Waals surface area contributed by atoms with Gasteiger partial charge in [-0.15, -0.1) is 0 Å². The average Bonchev–Trinajstić information content (AvgIpc) is 2.74. The van der Waals surface area contributed by atoms with E-state index in [-0.39, 0.29) is 18.6 Å². The molecule has 0 bridgehead atoms. The Labute approximate surface area is 169 Å². The molecule has 5 nitrogen and oxygen atoms in total. The molecule has 1 aromatic heterocycles. The second-order valence-electron chi connectivity index (χ2n) is 7.60. The van der Waals surface area contributed by atoms with Crippen molar-refractivity contribution in [3.8, 4) is 16.9 Å². The van der Waals surface area contributed by atoms with Gasteiger partial charge in [-0.2, -0.15) is 0 Å². The molecule has 1 amide bonds. The molecule has 4 rings (SSSR count). The normalized spacial score (nSPS) is 14.7. The number of hydrogen-bond donors (Lipinski definition) is 1. The molecule has 3 aromatic rings. The van der Waals surface area contributed by atoms with Crippen LogP contribution in [-0.2, 0) is 4.79 Å². The van der Waals surface area contributed by atoms with Crippen LogP contribution >= 0.6 is 0 Å². The van der Waals surface area contributed by atoms with Crippen molar-refractivity contribution in [2.45, 2.75) is 45.1 Å². The van der Waals surface area contributed by atoms with Gasteiger partial charge in [-0.1, -0.05) is 49.6 Å². The number of fused-ring (bicyclic) bond motifs is 1. The maximum Gasteiger partial charge on any atom is 0.336 e. The number of ether oxygens (including phenoxy) is 1. The lowest BCUT2D eigenvalue weighted by molar-refractivity contribution is -0.124. The average molecular weight is 391 g/mol. The lowest BCUT2D eigenvalue weighted by Gasteiger charge is -2.22. The van der Waals surface area contributed by atoms with E-state index >= 15 is 0 Å². The molecule has 150 valence electrons. The number of nitrogens with one attached hydrogen (secondary N) is 1. The number of hydrogen-bond acceptors (Lipinski definition) is 4. The molecule has 0 saturated heterocycles. The highest BCUT2D eigenvalue weighted by atomic mass is 16.5. The summed E-state index contributed by atoms with van der Waals surface area (Å²) in [6.07, 6.45) is 5.65. The molecule has 1 heterocycles. The zero-order chi connectivity index (χ0) is 20.2. The van der Waals surface area contributed by atoms with Crippen LogP contribution < -0.4 is 15.7 Å². The quantitative estimate of drug-likeness (QED) is 0.646.